The zero-order chi connectivity index (χ0) is 14.1. The van der Waals surface area contributed by atoms with Crippen LogP contribution >= 0.6 is 22.9 Å². The summed E-state index contributed by atoms with van der Waals surface area (Å²) in [6.07, 6.45) is 0. The maximum atomic E-state index is 5.99. The van der Waals surface area contributed by atoms with Crippen LogP contribution in [0.1, 0.15) is 16.5 Å². The molecule has 0 unspecified atom stereocenters. The average molecular weight is 309 g/mol. The van der Waals surface area contributed by atoms with Crippen molar-refractivity contribution in [2.45, 2.75) is 19.3 Å². The lowest BCUT2D eigenvalue weighted by molar-refractivity contribution is 0.399. The van der Waals surface area contributed by atoms with Crippen molar-refractivity contribution in [1.29, 1.82) is 0 Å². The second-order valence-corrected chi connectivity index (χ2v) is 5.63. The second-order valence-electron chi connectivity index (χ2n) is 4.30. The molecule has 0 spiro atoms. The Morgan fingerprint density at radius 2 is 2.15 bits per heavy atom. The molecule has 3 aromatic heterocycles. The van der Waals surface area contributed by atoms with Crippen LogP contribution in [0.2, 0.25) is 0 Å². The Morgan fingerprint density at radius 1 is 1.30 bits per heavy atom. The Balaban J connectivity index is 2.10. The van der Waals surface area contributed by atoms with Crippen molar-refractivity contribution in [3.63, 3.8) is 0 Å². The highest BCUT2D eigenvalue weighted by Crippen LogP contribution is 2.21. The predicted molar refractivity (Wildman–Crippen MR) is 79.6 cm³/mol. The lowest BCUT2D eigenvalue weighted by Crippen LogP contribution is -2.05. The van der Waals surface area contributed by atoms with Gasteiger partial charge in [-0.15, -0.1) is 22.9 Å². The molecule has 0 aliphatic carbocycles. The number of methoxy groups -OCH3 is 1. The second kappa shape index (κ2) is 5.38. The number of halogens is 1. The van der Waals surface area contributed by atoms with Gasteiger partial charge in [0.15, 0.2) is 5.65 Å². The van der Waals surface area contributed by atoms with Gasteiger partial charge in [0.1, 0.15) is 11.3 Å². The average Bonchev–Trinajstić information content (AvgIpc) is 3.03. The van der Waals surface area contributed by atoms with Crippen molar-refractivity contribution >= 4 is 34.1 Å². The molecule has 0 saturated carbocycles. The van der Waals surface area contributed by atoms with Gasteiger partial charge in [0, 0.05) is 11.4 Å². The number of nitrogens with zero attached hydrogens (tertiary/aromatic N) is 4. The van der Waals surface area contributed by atoms with Crippen LogP contribution in [-0.2, 0) is 12.4 Å². The highest BCUT2D eigenvalue weighted by atomic mass is 35.5. The maximum Gasteiger partial charge on any atom is 0.215 e. The van der Waals surface area contributed by atoms with Gasteiger partial charge < -0.3 is 9.30 Å². The topological polar surface area (TPSA) is 52.8 Å². The molecule has 0 saturated heterocycles. The fraction of sp³-hybridized carbons (Fsp3) is 0.308. The molecule has 0 N–H and O–H groups in total. The Bertz CT molecular complexity index is 752. The van der Waals surface area contributed by atoms with E-state index in [1.165, 1.54) is 0 Å². The Morgan fingerprint density at radius 3 is 2.80 bits per heavy atom. The lowest BCUT2D eigenvalue weighted by atomic mass is 10.4. The first kappa shape index (κ1) is 13.3. The van der Waals surface area contributed by atoms with Gasteiger partial charge in [0.25, 0.3) is 0 Å². The number of aromatic nitrogens is 4. The molecule has 0 aliphatic heterocycles. The van der Waals surface area contributed by atoms with Crippen molar-refractivity contribution in [2.24, 2.45) is 0 Å². The Labute approximate surface area is 125 Å². The van der Waals surface area contributed by atoms with Crippen LogP contribution in [-0.4, -0.2) is 26.6 Å². The number of aryl methyl sites for hydroxylation is 1. The van der Waals surface area contributed by atoms with Crippen LogP contribution in [0.4, 0.5) is 0 Å². The van der Waals surface area contributed by atoms with Crippen molar-refractivity contribution < 1.29 is 4.74 Å². The molecular formula is C13H13ClN4OS. The van der Waals surface area contributed by atoms with Crippen LogP contribution in [0.15, 0.2) is 17.5 Å². The fourth-order valence-corrected chi connectivity index (χ4v) is 2.86. The van der Waals surface area contributed by atoms with E-state index in [1.807, 2.05) is 22.9 Å². The fourth-order valence-electron chi connectivity index (χ4n) is 2.06. The molecule has 0 aliphatic rings. The summed E-state index contributed by atoms with van der Waals surface area (Å²) in [5.74, 6) is 1.68. The summed E-state index contributed by atoms with van der Waals surface area (Å²) in [4.78, 5) is 13.4. The van der Waals surface area contributed by atoms with Gasteiger partial charge >= 0.3 is 0 Å². The normalized spacial score (nSPS) is 11.2. The molecule has 0 fully saturated rings. The number of ether oxygens (including phenoxy) is 1. The molecular weight excluding hydrogens is 296 g/mol. The monoisotopic (exact) mass is 308 g/mol. The third-order valence-corrected chi connectivity index (χ3v) is 4.02. The quantitative estimate of drug-likeness (QED) is 0.695. The molecule has 0 bridgehead atoms. The van der Waals surface area contributed by atoms with E-state index in [-0.39, 0.29) is 0 Å². The first-order chi connectivity index (χ1) is 9.71. The van der Waals surface area contributed by atoms with E-state index in [0.29, 0.717) is 18.3 Å². The molecule has 3 rings (SSSR count). The van der Waals surface area contributed by atoms with Crippen molar-refractivity contribution in [3.05, 3.63) is 34.0 Å². The number of hydrogen-bond acceptors (Lipinski definition) is 5. The zero-order valence-corrected chi connectivity index (χ0v) is 12.7. The molecule has 0 amide bonds. The summed E-state index contributed by atoms with van der Waals surface area (Å²) < 4.78 is 7.16. The zero-order valence-electron chi connectivity index (χ0n) is 11.1. The van der Waals surface area contributed by atoms with Crippen LogP contribution in [0.3, 0.4) is 0 Å². The first-order valence-corrected chi connectivity index (χ1v) is 7.50. The van der Waals surface area contributed by atoms with Crippen molar-refractivity contribution in [3.8, 4) is 5.88 Å². The van der Waals surface area contributed by atoms with E-state index in [9.17, 15) is 0 Å². The minimum atomic E-state index is 0.335. The molecule has 20 heavy (non-hydrogen) atoms. The smallest absolute Gasteiger partial charge is 0.215 e. The van der Waals surface area contributed by atoms with Crippen molar-refractivity contribution in [1.82, 2.24) is 19.5 Å². The summed E-state index contributed by atoms with van der Waals surface area (Å²) in [6, 6.07) is 3.69. The molecule has 7 heteroatoms. The molecule has 0 aromatic carbocycles. The van der Waals surface area contributed by atoms with E-state index < -0.39 is 0 Å². The Hall–Kier alpha value is -1.66. The molecule has 5 nitrogen and oxygen atoms in total. The lowest BCUT2D eigenvalue weighted by Gasteiger charge is -2.05. The minimum absolute atomic E-state index is 0.335. The van der Waals surface area contributed by atoms with Crippen LogP contribution in [0.25, 0.3) is 11.2 Å². The number of pyridine rings is 1. The maximum absolute atomic E-state index is 5.99. The molecule has 0 atom stereocenters. The summed E-state index contributed by atoms with van der Waals surface area (Å²) in [5.41, 5.74) is 2.57. The first-order valence-electron chi connectivity index (χ1n) is 6.08. The van der Waals surface area contributed by atoms with E-state index in [1.54, 1.807) is 24.5 Å². The van der Waals surface area contributed by atoms with E-state index in [4.69, 9.17) is 16.3 Å². The highest BCUT2D eigenvalue weighted by Gasteiger charge is 2.13. The van der Waals surface area contributed by atoms with Gasteiger partial charge in [0.05, 0.1) is 30.2 Å². The number of thiazole rings is 1. The van der Waals surface area contributed by atoms with Crippen LogP contribution in [0.5, 0.6) is 5.88 Å². The summed E-state index contributed by atoms with van der Waals surface area (Å²) in [7, 11) is 1.60. The SMILES string of the molecule is COc1ccc2nc(CCl)n(Cc3csc(C)n3)c2n1. The third kappa shape index (κ3) is 2.36. The number of rotatable bonds is 4. The number of hydrogen-bond donors (Lipinski definition) is 0. The number of alkyl halides is 1. The van der Waals surface area contributed by atoms with E-state index in [0.717, 1.165) is 27.7 Å². The van der Waals surface area contributed by atoms with Gasteiger partial charge in [-0.2, -0.15) is 4.98 Å². The summed E-state index contributed by atoms with van der Waals surface area (Å²) in [5, 5.41) is 3.08. The minimum Gasteiger partial charge on any atom is -0.481 e. The Kier molecular flexibility index (Phi) is 3.58. The van der Waals surface area contributed by atoms with Crippen LogP contribution in [0, 0.1) is 6.92 Å². The van der Waals surface area contributed by atoms with Gasteiger partial charge in [-0.3, -0.25) is 0 Å². The van der Waals surface area contributed by atoms with Gasteiger partial charge in [-0.1, -0.05) is 0 Å². The van der Waals surface area contributed by atoms with Gasteiger partial charge in [-0.05, 0) is 13.0 Å². The number of imidazole rings is 1. The van der Waals surface area contributed by atoms with E-state index in [2.05, 4.69) is 15.0 Å². The molecule has 104 valence electrons. The largest absolute Gasteiger partial charge is 0.481 e. The standard InChI is InChI=1S/C13H13ClN4OS/c1-8-15-9(7-20-8)6-18-11(5-14)16-10-3-4-12(19-2)17-13(10)18/h3-4,7H,5-6H2,1-2H3. The van der Waals surface area contributed by atoms with Gasteiger partial charge in [0.2, 0.25) is 5.88 Å². The summed E-state index contributed by atoms with van der Waals surface area (Å²) >= 11 is 7.62. The summed E-state index contributed by atoms with van der Waals surface area (Å²) in [6.45, 7) is 2.60. The van der Waals surface area contributed by atoms with Crippen molar-refractivity contribution in [2.75, 3.05) is 7.11 Å². The van der Waals surface area contributed by atoms with E-state index >= 15 is 0 Å². The molecule has 3 aromatic rings. The highest BCUT2D eigenvalue weighted by molar-refractivity contribution is 7.09. The number of fused-ring (bicyclic) bond motifs is 1. The molecule has 0 radical (unpaired) electrons. The van der Waals surface area contributed by atoms with Gasteiger partial charge in [-0.25, -0.2) is 9.97 Å². The predicted octanol–water partition coefficient (Wildman–Crippen LogP) is 2.99. The third-order valence-electron chi connectivity index (χ3n) is 2.96. The van der Waals surface area contributed by atoms with Crippen LogP contribution < -0.4 is 4.74 Å². The molecule has 3 heterocycles.